The third-order valence-electron chi connectivity index (χ3n) is 1.13. The van der Waals surface area contributed by atoms with E-state index in [-0.39, 0.29) is 0 Å². The molecule has 0 bridgehead atoms. The highest BCUT2D eigenvalue weighted by Crippen LogP contribution is 2.15. The summed E-state index contributed by atoms with van der Waals surface area (Å²) in [4.78, 5) is 0. The number of ether oxygens (including phenoxy) is 1. The van der Waals surface area contributed by atoms with Crippen LogP contribution in [0, 0.1) is 0 Å². The van der Waals surface area contributed by atoms with Gasteiger partial charge in [-0.05, 0) is 46.5 Å². The molecular weight excluding hydrogens is 260 g/mol. The zero-order valence-corrected chi connectivity index (χ0v) is 9.59. The summed E-state index contributed by atoms with van der Waals surface area (Å²) in [7, 11) is 0. The Morgan fingerprint density at radius 1 is 1.75 bits per heavy atom. The van der Waals surface area contributed by atoms with Gasteiger partial charge >= 0.3 is 0 Å². The third kappa shape index (κ3) is 3.16. The molecule has 1 aromatic heterocycles. The van der Waals surface area contributed by atoms with E-state index in [4.69, 9.17) is 21.4 Å². The molecule has 1 heterocycles. The predicted molar refractivity (Wildman–Crippen MR) is 57.3 cm³/mol. The van der Waals surface area contributed by atoms with Crippen molar-refractivity contribution < 1.29 is 9.15 Å². The van der Waals surface area contributed by atoms with E-state index in [1.165, 1.54) is 11.8 Å². The second-order valence-corrected chi connectivity index (χ2v) is 4.14. The smallest absolute Gasteiger partial charge is 0.220 e. The van der Waals surface area contributed by atoms with Gasteiger partial charge in [-0.2, -0.15) is 0 Å². The number of thiocarbonyl (C=S) groups is 1. The number of hydrogen-bond donors (Lipinski definition) is 0. The summed E-state index contributed by atoms with van der Waals surface area (Å²) in [6, 6.07) is 3.66. The normalized spacial score (nSPS) is 9.83. The fraction of sp³-hybridized carbons (Fsp3) is 0.286. The van der Waals surface area contributed by atoms with Crippen LogP contribution in [0.2, 0.25) is 0 Å². The van der Waals surface area contributed by atoms with Crippen molar-refractivity contribution >= 4 is 44.3 Å². The van der Waals surface area contributed by atoms with Crippen LogP contribution in [0.5, 0.6) is 0 Å². The van der Waals surface area contributed by atoms with Crippen LogP contribution in [-0.4, -0.2) is 10.6 Å². The van der Waals surface area contributed by atoms with E-state index in [9.17, 15) is 0 Å². The molecule has 1 aromatic rings. The Kier molecular flexibility index (Phi) is 4.11. The van der Waals surface area contributed by atoms with Gasteiger partial charge in [0.25, 0.3) is 0 Å². The summed E-state index contributed by atoms with van der Waals surface area (Å²) < 4.78 is 11.6. The molecule has 0 aliphatic carbocycles. The van der Waals surface area contributed by atoms with E-state index >= 15 is 0 Å². The van der Waals surface area contributed by atoms with Crippen LogP contribution in [0.1, 0.15) is 5.76 Å². The van der Waals surface area contributed by atoms with Crippen molar-refractivity contribution in [3.63, 3.8) is 0 Å². The van der Waals surface area contributed by atoms with Gasteiger partial charge in [0, 0.05) is 0 Å². The lowest BCUT2D eigenvalue weighted by molar-refractivity contribution is 0.269. The molecule has 12 heavy (non-hydrogen) atoms. The maximum atomic E-state index is 5.20. The number of rotatable bonds is 2. The maximum Gasteiger partial charge on any atom is 0.220 e. The second kappa shape index (κ2) is 4.89. The molecule has 0 atom stereocenters. The first-order valence-electron chi connectivity index (χ1n) is 3.17. The Morgan fingerprint density at radius 3 is 3.00 bits per heavy atom. The van der Waals surface area contributed by atoms with Crippen molar-refractivity contribution in [2.24, 2.45) is 0 Å². The van der Waals surface area contributed by atoms with Crippen LogP contribution in [0.4, 0.5) is 0 Å². The zero-order valence-electron chi connectivity index (χ0n) is 6.37. The van der Waals surface area contributed by atoms with Crippen molar-refractivity contribution in [1.82, 2.24) is 0 Å². The number of halogens is 1. The summed E-state index contributed by atoms with van der Waals surface area (Å²) >= 11 is 9.45. The summed E-state index contributed by atoms with van der Waals surface area (Å²) in [5, 5.41) is 0. The molecule has 0 saturated heterocycles. The molecule has 0 radical (unpaired) electrons. The molecule has 0 aliphatic heterocycles. The van der Waals surface area contributed by atoms with Crippen molar-refractivity contribution in [2.75, 3.05) is 6.26 Å². The second-order valence-electron chi connectivity index (χ2n) is 1.95. The van der Waals surface area contributed by atoms with Gasteiger partial charge in [-0.1, -0.05) is 11.8 Å². The number of hydrogen-bond acceptors (Lipinski definition) is 4. The standard InChI is InChI=1S/C7H7BrO2S2/c1-12-7(11)9-4-5-2-3-6(8)10-5/h2-3H,4H2,1H3. The van der Waals surface area contributed by atoms with E-state index in [1.807, 2.05) is 18.4 Å². The highest BCUT2D eigenvalue weighted by Gasteiger charge is 2.00. The van der Waals surface area contributed by atoms with Crippen molar-refractivity contribution in [1.29, 1.82) is 0 Å². The summed E-state index contributed by atoms with van der Waals surface area (Å²) in [6.45, 7) is 0.394. The van der Waals surface area contributed by atoms with Crippen LogP contribution < -0.4 is 0 Å². The summed E-state index contributed by atoms with van der Waals surface area (Å²) in [6.07, 6.45) is 1.88. The van der Waals surface area contributed by atoms with Gasteiger partial charge in [0.05, 0.1) is 0 Å². The molecule has 0 aromatic carbocycles. The minimum absolute atomic E-state index is 0.394. The molecule has 0 unspecified atom stereocenters. The lowest BCUT2D eigenvalue weighted by Gasteiger charge is -2.00. The largest absolute Gasteiger partial charge is 0.470 e. The molecule has 0 amide bonds. The quantitative estimate of drug-likeness (QED) is 0.767. The molecule has 1 rings (SSSR count). The number of furan rings is 1. The molecule has 66 valence electrons. The first-order chi connectivity index (χ1) is 5.72. The van der Waals surface area contributed by atoms with Gasteiger partial charge in [-0.25, -0.2) is 0 Å². The van der Waals surface area contributed by atoms with Crippen LogP contribution >= 0.6 is 39.9 Å². The van der Waals surface area contributed by atoms with Crippen LogP contribution in [0.3, 0.4) is 0 Å². The Morgan fingerprint density at radius 2 is 2.50 bits per heavy atom. The minimum atomic E-state index is 0.394. The topological polar surface area (TPSA) is 22.4 Å². The average Bonchev–Trinajstić information content (AvgIpc) is 2.47. The van der Waals surface area contributed by atoms with Crippen LogP contribution in [0.25, 0.3) is 0 Å². The molecule has 0 N–H and O–H groups in total. The van der Waals surface area contributed by atoms with Crippen LogP contribution in [0.15, 0.2) is 21.2 Å². The Labute approximate surface area is 88.8 Å². The third-order valence-corrected chi connectivity index (χ3v) is 2.62. The molecule has 0 aliphatic rings. The molecule has 0 saturated carbocycles. The summed E-state index contributed by atoms with van der Waals surface area (Å²) in [5.74, 6) is 0.762. The molecule has 2 nitrogen and oxygen atoms in total. The monoisotopic (exact) mass is 266 g/mol. The van der Waals surface area contributed by atoms with Gasteiger partial charge < -0.3 is 9.15 Å². The van der Waals surface area contributed by atoms with Gasteiger partial charge in [-0.15, -0.1) is 0 Å². The van der Waals surface area contributed by atoms with Gasteiger partial charge in [0.15, 0.2) is 4.67 Å². The first-order valence-corrected chi connectivity index (χ1v) is 5.60. The van der Waals surface area contributed by atoms with Gasteiger partial charge in [-0.3, -0.25) is 0 Å². The van der Waals surface area contributed by atoms with E-state index in [2.05, 4.69) is 15.9 Å². The first kappa shape index (κ1) is 10.1. The van der Waals surface area contributed by atoms with Gasteiger partial charge in [0.2, 0.25) is 4.38 Å². The SMILES string of the molecule is CSC(=S)OCc1ccc(Br)o1. The van der Waals surface area contributed by atoms with E-state index in [1.54, 1.807) is 0 Å². The molecular formula is C7H7BrO2S2. The highest BCUT2D eigenvalue weighted by atomic mass is 79.9. The molecule has 0 fully saturated rings. The highest BCUT2D eigenvalue weighted by molar-refractivity contribution is 9.10. The maximum absolute atomic E-state index is 5.20. The van der Waals surface area contributed by atoms with Gasteiger partial charge in [0.1, 0.15) is 12.4 Å². The Balaban J connectivity index is 2.38. The van der Waals surface area contributed by atoms with E-state index in [0.717, 1.165) is 5.76 Å². The zero-order chi connectivity index (χ0) is 8.97. The minimum Gasteiger partial charge on any atom is -0.470 e. The fourth-order valence-corrected chi connectivity index (χ4v) is 1.19. The predicted octanol–water partition coefficient (Wildman–Crippen LogP) is 3.21. The van der Waals surface area contributed by atoms with Crippen LogP contribution in [-0.2, 0) is 11.3 Å². The number of thioether (sulfide) groups is 1. The average molecular weight is 267 g/mol. The molecule has 5 heteroatoms. The summed E-state index contributed by atoms with van der Waals surface area (Å²) in [5.41, 5.74) is 0. The van der Waals surface area contributed by atoms with Crippen molar-refractivity contribution in [3.05, 3.63) is 22.6 Å². The van der Waals surface area contributed by atoms with Crippen molar-refractivity contribution in [3.8, 4) is 0 Å². The van der Waals surface area contributed by atoms with E-state index in [0.29, 0.717) is 15.7 Å². The lowest BCUT2D eigenvalue weighted by Crippen LogP contribution is -1.95. The molecule has 0 spiro atoms. The Bertz CT molecular complexity index is 272. The Hall–Kier alpha value is -0.000000000000000111. The fourth-order valence-electron chi connectivity index (χ4n) is 0.618. The van der Waals surface area contributed by atoms with E-state index < -0.39 is 0 Å². The van der Waals surface area contributed by atoms with Crippen molar-refractivity contribution in [2.45, 2.75) is 6.61 Å². The lowest BCUT2D eigenvalue weighted by atomic mass is 10.5.